The van der Waals surface area contributed by atoms with Crippen molar-refractivity contribution < 1.29 is 22.7 Å². The number of sulfonamides is 1. The van der Waals surface area contributed by atoms with Gasteiger partial charge in [-0.3, -0.25) is 9.59 Å². The fraction of sp³-hybridized carbons (Fsp3) is 0.391. The van der Waals surface area contributed by atoms with Crippen LogP contribution in [0, 0.1) is 6.92 Å². The molecule has 7 nitrogen and oxygen atoms in total. The number of benzene rings is 2. The first kappa shape index (κ1) is 23.0. The zero-order chi connectivity index (χ0) is 22.4. The molecule has 0 bridgehead atoms. The molecular formula is C23H28N2O5S. The van der Waals surface area contributed by atoms with Gasteiger partial charge in [0, 0.05) is 37.5 Å². The summed E-state index contributed by atoms with van der Waals surface area (Å²) in [7, 11) is -2.04. The second-order valence-electron chi connectivity index (χ2n) is 7.71. The van der Waals surface area contributed by atoms with Gasteiger partial charge < -0.3 is 10.1 Å². The van der Waals surface area contributed by atoms with Gasteiger partial charge in [-0.1, -0.05) is 29.8 Å². The quantitative estimate of drug-likeness (QED) is 0.632. The first-order valence-corrected chi connectivity index (χ1v) is 11.8. The summed E-state index contributed by atoms with van der Waals surface area (Å²) in [6, 6.07) is 13.5. The number of rotatable bonds is 8. The minimum Gasteiger partial charge on any atom is -0.497 e. The van der Waals surface area contributed by atoms with E-state index in [1.165, 1.54) is 23.5 Å². The van der Waals surface area contributed by atoms with Gasteiger partial charge in [-0.15, -0.1) is 0 Å². The number of hydrogen-bond donors (Lipinski definition) is 1. The summed E-state index contributed by atoms with van der Waals surface area (Å²) in [5.74, 6) is 0.355. The molecule has 1 saturated heterocycles. The average Bonchev–Trinajstić information content (AvgIpc) is 2.78. The van der Waals surface area contributed by atoms with Gasteiger partial charge in [0.05, 0.1) is 12.0 Å². The molecule has 31 heavy (non-hydrogen) atoms. The molecule has 1 fully saturated rings. The molecule has 0 spiro atoms. The molecule has 1 aliphatic heterocycles. The van der Waals surface area contributed by atoms with Crippen LogP contribution >= 0.6 is 0 Å². The standard InChI is InChI=1S/C23H28N2O5S/c1-17-3-5-18(6-4-17)22(26)11-12-23(27)24-19-13-15-25(16-14-19)31(28,29)21-9-7-20(30-2)8-10-21/h3-10,19H,11-16H2,1-2H3,(H,24,27). The monoisotopic (exact) mass is 444 g/mol. The van der Waals surface area contributed by atoms with Crippen molar-refractivity contribution in [3.8, 4) is 5.75 Å². The molecule has 2 aromatic carbocycles. The van der Waals surface area contributed by atoms with Crippen LogP contribution in [0.25, 0.3) is 0 Å². The summed E-state index contributed by atoms with van der Waals surface area (Å²) in [6.07, 6.45) is 1.34. The zero-order valence-electron chi connectivity index (χ0n) is 17.8. The third-order valence-electron chi connectivity index (χ3n) is 5.47. The summed E-state index contributed by atoms with van der Waals surface area (Å²) in [5, 5.41) is 2.93. The van der Waals surface area contributed by atoms with E-state index < -0.39 is 10.0 Å². The third-order valence-corrected chi connectivity index (χ3v) is 7.38. The number of nitrogens with zero attached hydrogens (tertiary/aromatic N) is 1. The Kier molecular flexibility index (Phi) is 7.46. The summed E-state index contributed by atoms with van der Waals surface area (Å²) in [4.78, 5) is 24.7. The molecule has 0 radical (unpaired) electrons. The lowest BCUT2D eigenvalue weighted by Crippen LogP contribution is -2.46. The Labute approximate surface area is 183 Å². The van der Waals surface area contributed by atoms with Crippen LogP contribution in [0.2, 0.25) is 0 Å². The predicted molar refractivity (Wildman–Crippen MR) is 118 cm³/mol. The third kappa shape index (κ3) is 5.92. The summed E-state index contributed by atoms with van der Waals surface area (Å²) >= 11 is 0. The van der Waals surface area contributed by atoms with Gasteiger partial charge in [-0.05, 0) is 44.0 Å². The van der Waals surface area contributed by atoms with E-state index in [1.807, 2.05) is 19.1 Å². The lowest BCUT2D eigenvalue weighted by molar-refractivity contribution is -0.122. The van der Waals surface area contributed by atoms with E-state index >= 15 is 0 Å². The molecule has 8 heteroatoms. The van der Waals surface area contributed by atoms with E-state index in [-0.39, 0.29) is 35.5 Å². The van der Waals surface area contributed by atoms with Gasteiger partial charge in [-0.2, -0.15) is 4.31 Å². The minimum atomic E-state index is -3.57. The van der Waals surface area contributed by atoms with Crippen LogP contribution in [0.1, 0.15) is 41.6 Å². The van der Waals surface area contributed by atoms with Crippen LogP contribution in [-0.2, 0) is 14.8 Å². The van der Waals surface area contributed by atoms with Gasteiger partial charge in [0.2, 0.25) is 15.9 Å². The van der Waals surface area contributed by atoms with Crippen LogP contribution in [0.15, 0.2) is 53.4 Å². The van der Waals surface area contributed by atoms with E-state index in [1.54, 1.807) is 24.3 Å². The fourth-order valence-corrected chi connectivity index (χ4v) is 5.02. The van der Waals surface area contributed by atoms with Gasteiger partial charge in [0.1, 0.15) is 5.75 Å². The second-order valence-corrected chi connectivity index (χ2v) is 9.65. The van der Waals surface area contributed by atoms with E-state index in [2.05, 4.69) is 5.32 Å². The highest BCUT2D eigenvalue weighted by Crippen LogP contribution is 2.23. The first-order valence-electron chi connectivity index (χ1n) is 10.3. The van der Waals surface area contributed by atoms with Crippen LogP contribution in [0.4, 0.5) is 0 Å². The van der Waals surface area contributed by atoms with Crippen molar-refractivity contribution >= 4 is 21.7 Å². The van der Waals surface area contributed by atoms with E-state index in [0.717, 1.165) is 5.56 Å². The van der Waals surface area contributed by atoms with Crippen molar-refractivity contribution in [2.45, 2.75) is 43.5 Å². The van der Waals surface area contributed by atoms with Crippen molar-refractivity contribution in [2.24, 2.45) is 0 Å². The first-order chi connectivity index (χ1) is 14.8. The minimum absolute atomic E-state index is 0.0597. The van der Waals surface area contributed by atoms with Crippen LogP contribution in [0.3, 0.4) is 0 Å². The molecular weight excluding hydrogens is 416 g/mol. The SMILES string of the molecule is COc1ccc(S(=O)(=O)N2CCC(NC(=O)CCC(=O)c3ccc(C)cc3)CC2)cc1. The van der Waals surface area contributed by atoms with Crippen molar-refractivity contribution in [3.63, 3.8) is 0 Å². The van der Waals surface area contributed by atoms with Crippen molar-refractivity contribution in [2.75, 3.05) is 20.2 Å². The molecule has 1 aliphatic rings. The number of ether oxygens (including phenoxy) is 1. The summed E-state index contributed by atoms with van der Waals surface area (Å²) < 4.78 is 32.1. The zero-order valence-corrected chi connectivity index (χ0v) is 18.7. The molecule has 2 aromatic rings. The van der Waals surface area contributed by atoms with E-state index in [9.17, 15) is 18.0 Å². The highest BCUT2D eigenvalue weighted by molar-refractivity contribution is 7.89. The Morgan fingerprint density at radius 3 is 2.19 bits per heavy atom. The highest BCUT2D eigenvalue weighted by atomic mass is 32.2. The second kappa shape index (κ2) is 10.1. The molecule has 0 saturated carbocycles. The Balaban J connectivity index is 1.46. The number of piperidine rings is 1. The maximum absolute atomic E-state index is 12.8. The predicted octanol–water partition coefficient (Wildman–Crippen LogP) is 2.94. The summed E-state index contributed by atoms with van der Waals surface area (Å²) in [5.41, 5.74) is 1.69. The number of amides is 1. The molecule has 0 aromatic heterocycles. The molecule has 1 N–H and O–H groups in total. The Hall–Kier alpha value is -2.71. The maximum Gasteiger partial charge on any atom is 0.243 e. The largest absolute Gasteiger partial charge is 0.497 e. The Morgan fingerprint density at radius 2 is 1.61 bits per heavy atom. The number of ketones is 1. The number of Topliss-reactive ketones (excluding diaryl/α,β-unsaturated/α-hetero) is 1. The molecule has 3 rings (SSSR count). The number of methoxy groups -OCH3 is 1. The number of carbonyl (C=O) groups is 2. The molecule has 166 valence electrons. The average molecular weight is 445 g/mol. The van der Waals surface area contributed by atoms with Gasteiger partial charge in [0.25, 0.3) is 0 Å². The molecule has 0 atom stereocenters. The van der Waals surface area contributed by atoms with E-state index in [0.29, 0.717) is 37.2 Å². The topological polar surface area (TPSA) is 92.8 Å². The Morgan fingerprint density at radius 1 is 1.00 bits per heavy atom. The normalized spacial score (nSPS) is 15.4. The number of carbonyl (C=O) groups excluding carboxylic acids is 2. The van der Waals surface area contributed by atoms with Crippen LogP contribution in [-0.4, -0.2) is 50.7 Å². The van der Waals surface area contributed by atoms with Gasteiger partial charge in [-0.25, -0.2) is 8.42 Å². The van der Waals surface area contributed by atoms with Crippen molar-refractivity contribution in [1.29, 1.82) is 0 Å². The van der Waals surface area contributed by atoms with Gasteiger partial charge >= 0.3 is 0 Å². The fourth-order valence-electron chi connectivity index (χ4n) is 3.55. The maximum atomic E-state index is 12.8. The Bertz CT molecular complexity index is 1010. The highest BCUT2D eigenvalue weighted by Gasteiger charge is 2.30. The number of aryl methyl sites for hydroxylation is 1. The van der Waals surface area contributed by atoms with E-state index in [4.69, 9.17) is 4.74 Å². The smallest absolute Gasteiger partial charge is 0.243 e. The lowest BCUT2D eigenvalue weighted by Gasteiger charge is -2.31. The number of nitrogens with one attached hydrogen (secondary N) is 1. The lowest BCUT2D eigenvalue weighted by atomic mass is 10.0. The van der Waals surface area contributed by atoms with Crippen LogP contribution in [0.5, 0.6) is 5.75 Å². The molecule has 0 aliphatic carbocycles. The number of hydrogen-bond acceptors (Lipinski definition) is 5. The summed E-state index contributed by atoms with van der Waals surface area (Å²) in [6.45, 7) is 2.62. The van der Waals surface area contributed by atoms with Crippen molar-refractivity contribution in [3.05, 3.63) is 59.7 Å². The molecule has 0 unspecified atom stereocenters. The van der Waals surface area contributed by atoms with Crippen LogP contribution < -0.4 is 10.1 Å². The van der Waals surface area contributed by atoms with Crippen molar-refractivity contribution in [1.82, 2.24) is 9.62 Å². The molecule has 1 amide bonds. The van der Waals surface area contributed by atoms with Gasteiger partial charge in [0.15, 0.2) is 5.78 Å². The molecule has 1 heterocycles.